The third kappa shape index (κ3) is 1.48. The van der Waals surface area contributed by atoms with E-state index in [9.17, 15) is 9.18 Å². The lowest BCUT2D eigenvalue weighted by molar-refractivity contribution is -0.138. The van der Waals surface area contributed by atoms with E-state index in [0.29, 0.717) is 12.0 Å². The Bertz CT molecular complexity index is 392. The van der Waals surface area contributed by atoms with Gasteiger partial charge in [-0.25, -0.2) is 4.39 Å². The van der Waals surface area contributed by atoms with Gasteiger partial charge in [-0.05, 0) is 24.0 Å². The zero-order chi connectivity index (χ0) is 10.3. The Morgan fingerprint density at radius 2 is 2.29 bits per heavy atom. The average Bonchev–Trinajstić information content (AvgIpc) is 2.89. The van der Waals surface area contributed by atoms with E-state index in [1.165, 1.54) is 6.07 Å². The van der Waals surface area contributed by atoms with Gasteiger partial charge in [0.1, 0.15) is 5.82 Å². The van der Waals surface area contributed by atoms with Gasteiger partial charge in [-0.15, -0.1) is 0 Å². The number of rotatable bonds is 2. The summed E-state index contributed by atoms with van der Waals surface area (Å²) >= 11 is 5.73. The zero-order valence-corrected chi connectivity index (χ0v) is 7.96. The van der Waals surface area contributed by atoms with Crippen LogP contribution in [0.4, 0.5) is 4.39 Å². The molecule has 0 aromatic heterocycles. The largest absolute Gasteiger partial charge is 0.481 e. The van der Waals surface area contributed by atoms with Crippen molar-refractivity contribution in [3.8, 4) is 0 Å². The maximum absolute atomic E-state index is 13.0. The second-order valence-corrected chi connectivity index (χ2v) is 3.81. The number of carbonyl (C=O) groups is 1. The van der Waals surface area contributed by atoms with Gasteiger partial charge >= 0.3 is 5.97 Å². The summed E-state index contributed by atoms with van der Waals surface area (Å²) in [6.45, 7) is 0. The number of halogens is 2. The summed E-state index contributed by atoms with van der Waals surface area (Å²) in [6, 6.07) is 4.50. The molecule has 0 saturated heterocycles. The van der Waals surface area contributed by atoms with Crippen molar-refractivity contribution < 1.29 is 14.3 Å². The van der Waals surface area contributed by atoms with Gasteiger partial charge in [-0.2, -0.15) is 0 Å². The highest BCUT2D eigenvalue weighted by Gasteiger charge is 2.45. The van der Waals surface area contributed by atoms with Crippen LogP contribution in [0.15, 0.2) is 18.2 Å². The maximum atomic E-state index is 13.0. The van der Waals surface area contributed by atoms with E-state index in [1.807, 2.05) is 0 Å². The summed E-state index contributed by atoms with van der Waals surface area (Å²) in [5, 5.41) is 8.77. The molecule has 2 atom stereocenters. The summed E-state index contributed by atoms with van der Waals surface area (Å²) in [6.07, 6.45) is 0.554. The van der Waals surface area contributed by atoms with Crippen LogP contribution in [0.5, 0.6) is 0 Å². The van der Waals surface area contributed by atoms with E-state index in [4.69, 9.17) is 16.7 Å². The van der Waals surface area contributed by atoms with Crippen molar-refractivity contribution in [2.45, 2.75) is 12.3 Å². The molecule has 1 aromatic rings. The normalized spacial score (nSPS) is 24.7. The Morgan fingerprint density at radius 3 is 2.86 bits per heavy atom. The average molecular weight is 215 g/mol. The number of hydrogen-bond acceptors (Lipinski definition) is 1. The fraction of sp³-hybridized carbons (Fsp3) is 0.300. The lowest BCUT2D eigenvalue weighted by Gasteiger charge is -2.02. The first-order valence-corrected chi connectivity index (χ1v) is 4.65. The van der Waals surface area contributed by atoms with Gasteiger partial charge in [0.15, 0.2) is 0 Å². The Kier molecular flexibility index (Phi) is 2.19. The summed E-state index contributed by atoms with van der Waals surface area (Å²) in [5.74, 6) is -1.83. The van der Waals surface area contributed by atoms with E-state index >= 15 is 0 Å². The van der Waals surface area contributed by atoms with E-state index in [2.05, 4.69) is 0 Å². The van der Waals surface area contributed by atoms with Crippen LogP contribution in [-0.2, 0) is 4.79 Å². The second kappa shape index (κ2) is 3.24. The highest BCUT2D eigenvalue weighted by Crippen LogP contribution is 2.49. The van der Waals surface area contributed by atoms with Crippen molar-refractivity contribution in [1.82, 2.24) is 0 Å². The van der Waals surface area contributed by atoms with Crippen molar-refractivity contribution in [1.29, 1.82) is 0 Å². The van der Waals surface area contributed by atoms with Crippen LogP contribution in [-0.4, -0.2) is 11.1 Å². The number of carboxylic acids is 1. The molecule has 0 heterocycles. The molecule has 0 aliphatic heterocycles. The molecular weight excluding hydrogens is 207 g/mol. The molecule has 2 nitrogen and oxygen atoms in total. The molecule has 74 valence electrons. The van der Waals surface area contributed by atoms with Gasteiger partial charge in [0, 0.05) is 0 Å². The lowest BCUT2D eigenvalue weighted by Crippen LogP contribution is -1.99. The summed E-state index contributed by atoms with van der Waals surface area (Å²) in [5.41, 5.74) is 0.610. The molecule has 1 saturated carbocycles. The van der Waals surface area contributed by atoms with Crippen molar-refractivity contribution in [3.63, 3.8) is 0 Å². The topological polar surface area (TPSA) is 37.3 Å². The minimum absolute atomic E-state index is 0.0567. The fourth-order valence-corrected chi connectivity index (χ4v) is 1.88. The lowest BCUT2D eigenvalue weighted by atomic mass is 10.1. The predicted octanol–water partition coefficient (Wildman–Crippen LogP) is 2.67. The standard InChI is InChI=1S/C10H8ClFO2/c11-9-5(2-1-3-8(9)12)6-4-7(6)10(13)14/h1-3,6-7H,4H2,(H,13,14). The van der Waals surface area contributed by atoms with Gasteiger partial charge < -0.3 is 5.11 Å². The molecule has 1 fully saturated rings. The Hall–Kier alpha value is -1.09. The third-order valence-corrected chi connectivity index (χ3v) is 2.89. The minimum Gasteiger partial charge on any atom is -0.481 e. The van der Waals surface area contributed by atoms with E-state index in [-0.39, 0.29) is 10.9 Å². The number of aliphatic carboxylic acids is 1. The van der Waals surface area contributed by atoms with Crippen LogP contribution in [0.2, 0.25) is 5.02 Å². The smallest absolute Gasteiger partial charge is 0.307 e. The molecule has 1 aliphatic rings. The maximum Gasteiger partial charge on any atom is 0.307 e. The van der Waals surface area contributed by atoms with Gasteiger partial charge in [-0.1, -0.05) is 23.7 Å². The Labute approximate surface area is 85.3 Å². The SMILES string of the molecule is O=C(O)C1CC1c1cccc(F)c1Cl. The van der Waals surface area contributed by atoms with Crippen molar-refractivity contribution in [2.75, 3.05) is 0 Å². The molecule has 4 heteroatoms. The van der Waals surface area contributed by atoms with Gasteiger partial charge in [0.2, 0.25) is 0 Å². The molecular formula is C10H8ClFO2. The number of carboxylic acid groups (broad SMARTS) is 1. The first-order valence-electron chi connectivity index (χ1n) is 4.28. The quantitative estimate of drug-likeness (QED) is 0.822. The molecule has 1 aliphatic carbocycles. The Balaban J connectivity index is 2.27. The van der Waals surface area contributed by atoms with Crippen LogP contribution >= 0.6 is 11.6 Å². The number of hydrogen-bond donors (Lipinski definition) is 1. The molecule has 0 amide bonds. The first kappa shape index (κ1) is 9.46. The molecule has 14 heavy (non-hydrogen) atoms. The van der Waals surface area contributed by atoms with Gasteiger partial charge in [-0.3, -0.25) is 4.79 Å². The van der Waals surface area contributed by atoms with Crippen LogP contribution in [0, 0.1) is 11.7 Å². The summed E-state index contributed by atoms with van der Waals surface area (Å²) < 4.78 is 13.0. The monoisotopic (exact) mass is 214 g/mol. The molecule has 2 unspecified atom stereocenters. The van der Waals surface area contributed by atoms with E-state index < -0.39 is 17.7 Å². The highest BCUT2D eigenvalue weighted by molar-refractivity contribution is 6.31. The number of benzene rings is 1. The zero-order valence-electron chi connectivity index (χ0n) is 7.21. The summed E-state index contributed by atoms with van der Waals surface area (Å²) in [7, 11) is 0. The molecule has 0 bridgehead atoms. The van der Waals surface area contributed by atoms with Gasteiger partial charge in [0.05, 0.1) is 10.9 Å². The molecule has 1 N–H and O–H groups in total. The fourth-order valence-electron chi connectivity index (χ4n) is 1.62. The van der Waals surface area contributed by atoms with Crippen molar-refractivity contribution in [2.24, 2.45) is 5.92 Å². The van der Waals surface area contributed by atoms with Crippen molar-refractivity contribution in [3.05, 3.63) is 34.6 Å². The highest BCUT2D eigenvalue weighted by atomic mass is 35.5. The van der Waals surface area contributed by atoms with Crippen LogP contribution in [0.3, 0.4) is 0 Å². The summed E-state index contributed by atoms with van der Waals surface area (Å²) in [4.78, 5) is 10.6. The van der Waals surface area contributed by atoms with E-state index in [0.717, 1.165) is 0 Å². The third-order valence-electron chi connectivity index (χ3n) is 2.49. The second-order valence-electron chi connectivity index (χ2n) is 3.43. The van der Waals surface area contributed by atoms with Gasteiger partial charge in [0.25, 0.3) is 0 Å². The molecule has 0 spiro atoms. The minimum atomic E-state index is -0.838. The van der Waals surface area contributed by atoms with E-state index in [1.54, 1.807) is 12.1 Å². The predicted molar refractivity (Wildman–Crippen MR) is 49.9 cm³/mol. The Morgan fingerprint density at radius 1 is 1.57 bits per heavy atom. The first-order chi connectivity index (χ1) is 6.61. The molecule has 2 rings (SSSR count). The van der Waals surface area contributed by atoms with Crippen molar-refractivity contribution >= 4 is 17.6 Å². The molecule has 1 aromatic carbocycles. The van der Waals surface area contributed by atoms with Crippen LogP contribution in [0.1, 0.15) is 17.9 Å². The molecule has 0 radical (unpaired) electrons. The van der Waals surface area contributed by atoms with Crippen LogP contribution in [0.25, 0.3) is 0 Å². The van der Waals surface area contributed by atoms with Crippen LogP contribution < -0.4 is 0 Å².